The van der Waals surface area contributed by atoms with Gasteiger partial charge in [-0.15, -0.1) is 0 Å². The molecule has 13 heteroatoms. The number of ether oxygens (including phenoxy) is 4. The van der Waals surface area contributed by atoms with E-state index < -0.39 is 60.6 Å². The zero-order valence-electron chi connectivity index (χ0n) is 33.4. The Morgan fingerprint density at radius 2 is 1.00 bits per heavy atom. The predicted octanol–water partition coefficient (Wildman–Crippen LogP) is 7.14. The SMILES string of the molecule is Cn1c2cc(C(=O)COC(=O)C3CC4CCCC4N3C(=O)OC(C)(C)C)ccc2c2ccc(C(=O)COC(=O)C3CC4CCCC4N3C(=O)OC(C)(C)C)cc21. The van der Waals surface area contributed by atoms with Gasteiger partial charge >= 0.3 is 24.1 Å². The molecule has 4 aliphatic rings. The molecule has 2 saturated heterocycles. The Balaban J connectivity index is 1.00. The molecule has 0 radical (unpaired) electrons. The van der Waals surface area contributed by atoms with Crippen molar-refractivity contribution in [2.45, 2.75) is 128 Å². The largest absolute Gasteiger partial charge is 0.456 e. The molecule has 2 saturated carbocycles. The Morgan fingerprint density at radius 3 is 1.38 bits per heavy atom. The van der Waals surface area contributed by atoms with Crippen molar-refractivity contribution in [2.75, 3.05) is 13.2 Å². The molecule has 3 aromatic rings. The molecule has 0 bridgehead atoms. The lowest BCUT2D eigenvalue weighted by Crippen LogP contribution is -2.47. The van der Waals surface area contributed by atoms with Crippen LogP contribution in [0.25, 0.3) is 21.8 Å². The number of carbonyl (C=O) groups excluding carboxylic acids is 6. The van der Waals surface area contributed by atoms with Gasteiger partial charge in [-0.3, -0.25) is 19.4 Å². The number of hydrogen-bond acceptors (Lipinski definition) is 10. The van der Waals surface area contributed by atoms with Gasteiger partial charge in [-0.1, -0.05) is 37.1 Å². The smallest absolute Gasteiger partial charge is 0.411 e. The van der Waals surface area contributed by atoms with Crippen molar-refractivity contribution in [3.8, 4) is 0 Å². The lowest BCUT2D eigenvalue weighted by Gasteiger charge is -2.31. The highest BCUT2D eigenvalue weighted by Crippen LogP contribution is 2.43. The molecule has 2 amide bonds. The summed E-state index contributed by atoms with van der Waals surface area (Å²) in [6.07, 6.45) is 5.33. The van der Waals surface area contributed by atoms with Crippen molar-refractivity contribution < 1.29 is 47.7 Å². The average molecular weight is 772 g/mol. The number of nitrogens with zero attached hydrogens (tertiary/aromatic N) is 3. The Labute approximate surface area is 326 Å². The summed E-state index contributed by atoms with van der Waals surface area (Å²) in [6, 6.07) is 8.72. The maximum Gasteiger partial charge on any atom is 0.411 e. The van der Waals surface area contributed by atoms with Crippen LogP contribution in [-0.4, -0.2) is 98.6 Å². The number of hydrogen-bond donors (Lipinski definition) is 0. The molecule has 0 N–H and O–H groups in total. The first-order valence-corrected chi connectivity index (χ1v) is 19.8. The number of esters is 2. The van der Waals surface area contributed by atoms with E-state index in [0.29, 0.717) is 24.0 Å². The fraction of sp³-hybridized carbons (Fsp3) is 0.581. The number of carbonyl (C=O) groups is 6. The zero-order valence-corrected chi connectivity index (χ0v) is 33.4. The van der Waals surface area contributed by atoms with Crippen LogP contribution in [0.15, 0.2) is 36.4 Å². The van der Waals surface area contributed by atoms with E-state index in [9.17, 15) is 28.8 Å². The molecule has 6 unspecified atom stereocenters. The van der Waals surface area contributed by atoms with Gasteiger partial charge in [0.05, 0.1) is 0 Å². The molecule has 2 aliphatic carbocycles. The van der Waals surface area contributed by atoms with E-state index in [0.717, 1.165) is 60.3 Å². The molecular weight excluding hydrogens is 718 g/mol. The lowest BCUT2D eigenvalue weighted by molar-refractivity contribution is -0.148. The van der Waals surface area contributed by atoms with Crippen LogP contribution in [0.2, 0.25) is 0 Å². The molecule has 300 valence electrons. The highest BCUT2D eigenvalue weighted by molar-refractivity contribution is 6.12. The molecule has 7 rings (SSSR count). The molecule has 3 heterocycles. The minimum atomic E-state index is -0.802. The first-order chi connectivity index (χ1) is 26.4. The van der Waals surface area contributed by atoms with Gasteiger partial charge in [0.15, 0.2) is 24.8 Å². The summed E-state index contributed by atoms with van der Waals surface area (Å²) in [5, 5.41) is 1.72. The van der Waals surface area contributed by atoms with Gasteiger partial charge in [0.1, 0.15) is 23.3 Å². The van der Waals surface area contributed by atoms with Gasteiger partial charge in [-0.2, -0.15) is 0 Å². The number of ketones is 2. The van der Waals surface area contributed by atoms with Crippen LogP contribution in [0.5, 0.6) is 0 Å². The van der Waals surface area contributed by atoms with Crippen LogP contribution < -0.4 is 0 Å². The number of amides is 2. The fourth-order valence-electron chi connectivity index (χ4n) is 9.34. The molecule has 13 nitrogen and oxygen atoms in total. The maximum absolute atomic E-state index is 13.4. The van der Waals surface area contributed by atoms with Gasteiger partial charge in [-0.25, -0.2) is 19.2 Å². The minimum Gasteiger partial charge on any atom is -0.456 e. The van der Waals surface area contributed by atoms with Crippen LogP contribution in [0.1, 0.15) is 114 Å². The van der Waals surface area contributed by atoms with Crippen LogP contribution >= 0.6 is 0 Å². The van der Waals surface area contributed by atoms with Crippen molar-refractivity contribution in [1.29, 1.82) is 0 Å². The Kier molecular flexibility index (Phi) is 10.4. The van der Waals surface area contributed by atoms with E-state index in [1.807, 2.05) is 23.7 Å². The summed E-state index contributed by atoms with van der Waals surface area (Å²) >= 11 is 0. The first-order valence-electron chi connectivity index (χ1n) is 19.8. The number of fused-ring (bicyclic) bond motifs is 5. The summed E-state index contributed by atoms with van der Waals surface area (Å²) in [4.78, 5) is 82.8. The first kappa shape index (κ1) is 39.3. The number of aryl methyl sites for hydroxylation is 1. The quantitative estimate of drug-likeness (QED) is 0.131. The number of aromatic nitrogens is 1. The van der Waals surface area contributed by atoms with Crippen LogP contribution in [0.3, 0.4) is 0 Å². The molecule has 4 fully saturated rings. The van der Waals surface area contributed by atoms with Gasteiger partial charge in [-0.05, 0) is 104 Å². The Bertz CT molecular complexity index is 1940. The van der Waals surface area contributed by atoms with Gasteiger partial charge in [0.25, 0.3) is 0 Å². The molecule has 0 spiro atoms. The number of Topliss-reactive ketones (excluding diaryl/α,β-unsaturated/α-hetero) is 2. The van der Waals surface area contributed by atoms with E-state index >= 15 is 0 Å². The molecular formula is C43H53N3O10. The third kappa shape index (κ3) is 7.73. The van der Waals surface area contributed by atoms with E-state index in [1.165, 1.54) is 9.80 Å². The summed E-state index contributed by atoms with van der Waals surface area (Å²) in [5.41, 5.74) is 0.746. The van der Waals surface area contributed by atoms with Crippen LogP contribution in [0, 0.1) is 11.8 Å². The summed E-state index contributed by atoms with van der Waals surface area (Å²) in [7, 11) is 1.83. The lowest BCUT2D eigenvalue weighted by atomic mass is 10.0. The highest BCUT2D eigenvalue weighted by Gasteiger charge is 2.52. The normalized spacial score (nSPS) is 24.6. The average Bonchev–Trinajstić information content (AvgIpc) is 3.94. The molecule has 2 aromatic carbocycles. The molecule has 56 heavy (non-hydrogen) atoms. The highest BCUT2D eigenvalue weighted by atomic mass is 16.6. The van der Waals surface area contributed by atoms with Crippen LogP contribution in [0.4, 0.5) is 9.59 Å². The zero-order chi connectivity index (χ0) is 40.3. The topological polar surface area (TPSA) is 151 Å². The second-order valence-corrected chi connectivity index (χ2v) is 17.9. The molecule has 1 aromatic heterocycles. The molecule has 2 aliphatic heterocycles. The second kappa shape index (κ2) is 14.9. The van der Waals surface area contributed by atoms with E-state index in [-0.39, 0.29) is 35.5 Å². The van der Waals surface area contributed by atoms with Gasteiger partial charge in [0, 0.05) is 52.1 Å². The van der Waals surface area contributed by atoms with Crippen molar-refractivity contribution in [3.63, 3.8) is 0 Å². The van der Waals surface area contributed by atoms with Crippen molar-refractivity contribution in [2.24, 2.45) is 18.9 Å². The summed E-state index contributed by atoms with van der Waals surface area (Å²) < 4.78 is 24.2. The van der Waals surface area contributed by atoms with Crippen molar-refractivity contribution in [1.82, 2.24) is 14.4 Å². The Hall–Kier alpha value is -4.94. The van der Waals surface area contributed by atoms with Crippen molar-refractivity contribution >= 4 is 57.5 Å². The summed E-state index contributed by atoms with van der Waals surface area (Å²) in [6.45, 7) is 9.77. The van der Waals surface area contributed by atoms with Crippen molar-refractivity contribution in [3.05, 3.63) is 47.5 Å². The maximum atomic E-state index is 13.4. The van der Waals surface area contributed by atoms with E-state index in [4.69, 9.17) is 18.9 Å². The summed E-state index contributed by atoms with van der Waals surface area (Å²) in [5.74, 6) is -1.60. The number of rotatable bonds is 8. The monoisotopic (exact) mass is 771 g/mol. The van der Waals surface area contributed by atoms with Crippen LogP contribution in [-0.2, 0) is 35.6 Å². The number of likely N-dealkylation sites (tertiary alicyclic amines) is 2. The van der Waals surface area contributed by atoms with E-state index in [1.54, 1.807) is 65.8 Å². The standard InChI is InChI=1S/C43H53N3O10/c1-42(2,3)55-40(51)45-30-12-8-10-24(30)18-34(45)38(49)53-22-36(47)26-14-16-28-29-17-15-27(21-33(29)44(7)32(28)20-26)37(48)23-54-39(50)35-19-25-11-9-13-31(25)46(35)41(52)56-43(4,5)6/h14-17,20-21,24-25,30-31,34-35H,8-13,18-19,22-23H2,1-7H3. The second-order valence-electron chi connectivity index (χ2n) is 17.9. The van der Waals surface area contributed by atoms with Gasteiger partial charge in [0.2, 0.25) is 0 Å². The minimum absolute atomic E-state index is 0.0776. The molecule has 6 atom stereocenters. The van der Waals surface area contributed by atoms with Gasteiger partial charge < -0.3 is 23.5 Å². The number of benzene rings is 2. The fourth-order valence-corrected chi connectivity index (χ4v) is 9.34. The van der Waals surface area contributed by atoms with E-state index in [2.05, 4.69) is 0 Å². The third-order valence-electron chi connectivity index (χ3n) is 11.8. The third-order valence-corrected chi connectivity index (χ3v) is 11.8. The Morgan fingerprint density at radius 1 is 0.607 bits per heavy atom. The predicted molar refractivity (Wildman–Crippen MR) is 206 cm³/mol.